The summed E-state index contributed by atoms with van der Waals surface area (Å²) in [5.74, 6) is 0. The second kappa shape index (κ2) is 10.3. The first-order chi connectivity index (χ1) is 22.3. The lowest BCUT2D eigenvalue weighted by Crippen LogP contribution is -1.96. The molecule has 9 aromatic rings. The van der Waals surface area contributed by atoms with Crippen molar-refractivity contribution in [2.24, 2.45) is 0 Å². The van der Waals surface area contributed by atoms with E-state index in [-0.39, 0.29) is 0 Å². The molecule has 2 aromatic heterocycles. The van der Waals surface area contributed by atoms with E-state index >= 15 is 0 Å². The molecule has 0 saturated heterocycles. The van der Waals surface area contributed by atoms with Crippen molar-refractivity contribution < 1.29 is 0 Å². The number of pyridine rings is 1. The minimum atomic E-state index is 1.13. The van der Waals surface area contributed by atoms with Gasteiger partial charge in [-0.05, 0) is 85.3 Å². The van der Waals surface area contributed by atoms with Crippen molar-refractivity contribution in [3.8, 4) is 39.1 Å². The number of fused-ring (bicyclic) bond motifs is 5. The van der Waals surface area contributed by atoms with Crippen LogP contribution in [0.3, 0.4) is 0 Å². The second-order valence-electron chi connectivity index (χ2n) is 11.6. The van der Waals surface area contributed by atoms with Gasteiger partial charge in [-0.15, -0.1) is 0 Å². The zero-order valence-corrected chi connectivity index (χ0v) is 24.6. The van der Waals surface area contributed by atoms with Crippen molar-refractivity contribution >= 4 is 43.4 Å². The van der Waals surface area contributed by atoms with E-state index < -0.39 is 0 Å². The highest BCUT2D eigenvalue weighted by atomic mass is 15.0. The van der Waals surface area contributed by atoms with Crippen LogP contribution in [0, 0.1) is 0 Å². The van der Waals surface area contributed by atoms with Gasteiger partial charge in [-0.1, -0.05) is 127 Å². The Morgan fingerprint density at radius 2 is 0.911 bits per heavy atom. The quantitative estimate of drug-likeness (QED) is 0.192. The Balaban J connectivity index is 1.39. The van der Waals surface area contributed by atoms with Crippen molar-refractivity contribution in [2.45, 2.75) is 0 Å². The first kappa shape index (κ1) is 25.5. The van der Waals surface area contributed by atoms with Crippen LogP contribution in [-0.2, 0) is 0 Å². The maximum atomic E-state index is 4.54. The summed E-state index contributed by atoms with van der Waals surface area (Å²) >= 11 is 0. The molecule has 0 aliphatic heterocycles. The molecular weight excluding hydrogens is 544 g/mol. The lowest BCUT2D eigenvalue weighted by Gasteiger charge is -2.19. The Labute approximate surface area is 261 Å². The molecule has 0 atom stereocenters. The summed E-state index contributed by atoms with van der Waals surface area (Å²) in [6.45, 7) is 0. The zero-order chi connectivity index (χ0) is 29.7. The highest BCUT2D eigenvalue weighted by molar-refractivity contribution is 6.22. The predicted octanol–water partition coefficient (Wildman–Crippen LogP) is 11.5. The fourth-order valence-corrected chi connectivity index (χ4v) is 7.09. The van der Waals surface area contributed by atoms with E-state index in [0.717, 1.165) is 16.6 Å². The van der Waals surface area contributed by atoms with Crippen LogP contribution >= 0.6 is 0 Å². The van der Waals surface area contributed by atoms with Gasteiger partial charge >= 0.3 is 0 Å². The minimum Gasteiger partial charge on any atom is -0.309 e. The Bertz CT molecular complexity index is 2510. The molecular formula is C43H28N2. The number of nitrogens with zero attached hydrogens (tertiary/aromatic N) is 2. The number of hydrogen-bond donors (Lipinski definition) is 0. The molecule has 0 N–H and O–H groups in total. The Hall–Kier alpha value is -5.99. The molecule has 45 heavy (non-hydrogen) atoms. The molecule has 0 radical (unpaired) electrons. The van der Waals surface area contributed by atoms with E-state index in [0.29, 0.717) is 0 Å². The van der Waals surface area contributed by atoms with Gasteiger partial charge in [-0.25, -0.2) is 0 Å². The van der Waals surface area contributed by atoms with Crippen molar-refractivity contribution in [2.75, 3.05) is 0 Å². The molecule has 0 spiro atoms. The Kier molecular flexibility index (Phi) is 5.85. The van der Waals surface area contributed by atoms with Gasteiger partial charge < -0.3 is 4.57 Å². The van der Waals surface area contributed by atoms with E-state index in [1.807, 2.05) is 12.4 Å². The van der Waals surface area contributed by atoms with E-state index in [1.165, 1.54) is 65.8 Å². The van der Waals surface area contributed by atoms with Gasteiger partial charge in [-0.2, -0.15) is 0 Å². The predicted molar refractivity (Wildman–Crippen MR) is 190 cm³/mol. The van der Waals surface area contributed by atoms with Gasteiger partial charge in [0, 0.05) is 28.9 Å². The Morgan fingerprint density at radius 1 is 0.356 bits per heavy atom. The summed E-state index contributed by atoms with van der Waals surface area (Å²) in [5.41, 5.74) is 10.8. The topological polar surface area (TPSA) is 17.8 Å². The van der Waals surface area contributed by atoms with E-state index in [1.54, 1.807) is 0 Å². The summed E-state index contributed by atoms with van der Waals surface area (Å²) in [7, 11) is 0. The zero-order valence-electron chi connectivity index (χ0n) is 24.6. The Morgan fingerprint density at radius 3 is 1.58 bits per heavy atom. The van der Waals surface area contributed by atoms with E-state index in [2.05, 4.69) is 167 Å². The fraction of sp³-hybridized carbons (Fsp3) is 0. The third-order valence-electron chi connectivity index (χ3n) is 9.06. The molecule has 2 heterocycles. The standard InChI is InChI=1S/C43H28N2/c1-4-12-29(13-5-1)32-20-23-40-37(26-32)39-28-44-25-24-41(39)45(40)33-21-22-36-38(27-33)43(31-16-8-3-9-17-31)35-19-11-10-18-34(35)42(36)30-14-6-2-7-15-30/h1-28H. The van der Waals surface area contributed by atoms with Crippen LogP contribution in [0.5, 0.6) is 0 Å². The average molecular weight is 573 g/mol. The molecule has 0 aliphatic carbocycles. The van der Waals surface area contributed by atoms with Crippen LogP contribution in [0.25, 0.3) is 82.4 Å². The number of rotatable bonds is 4. The normalized spacial score (nSPS) is 11.6. The van der Waals surface area contributed by atoms with Crippen LogP contribution in [0.15, 0.2) is 170 Å². The van der Waals surface area contributed by atoms with Crippen LogP contribution < -0.4 is 0 Å². The fourth-order valence-electron chi connectivity index (χ4n) is 7.09. The van der Waals surface area contributed by atoms with Gasteiger partial charge in [0.1, 0.15) is 0 Å². The molecule has 0 aliphatic rings. The summed E-state index contributed by atoms with van der Waals surface area (Å²) in [4.78, 5) is 4.54. The van der Waals surface area contributed by atoms with Crippen LogP contribution in [0.2, 0.25) is 0 Å². The molecule has 2 heteroatoms. The highest BCUT2D eigenvalue weighted by Crippen LogP contribution is 2.45. The molecule has 2 nitrogen and oxygen atoms in total. The molecule has 210 valence electrons. The van der Waals surface area contributed by atoms with Gasteiger partial charge in [0.2, 0.25) is 0 Å². The largest absolute Gasteiger partial charge is 0.309 e. The monoisotopic (exact) mass is 572 g/mol. The van der Waals surface area contributed by atoms with E-state index in [4.69, 9.17) is 0 Å². The summed E-state index contributed by atoms with van der Waals surface area (Å²) in [6, 6.07) is 57.0. The number of aromatic nitrogens is 2. The molecule has 0 saturated carbocycles. The maximum absolute atomic E-state index is 4.54. The van der Waals surface area contributed by atoms with Crippen molar-refractivity contribution in [3.05, 3.63) is 170 Å². The van der Waals surface area contributed by atoms with Crippen molar-refractivity contribution in [3.63, 3.8) is 0 Å². The minimum absolute atomic E-state index is 1.13. The molecule has 0 bridgehead atoms. The summed E-state index contributed by atoms with van der Waals surface area (Å²) < 4.78 is 2.40. The third-order valence-corrected chi connectivity index (χ3v) is 9.06. The number of hydrogen-bond acceptors (Lipinski definition) is 1. The van der Waals surface area contributed by atoms with Gasteiger partial charge in [0.25, 0.3) is 0 Å². The van der Waals surface area contributed by atoms with E-state index in [9.17, 15) is 0 Å². The summed E-state index contributed by atoms with van der Waals surface area (Å²) in [6.07, 6.45) is 3.90. The first-order valence-corrected chi connectivity index (χ1v) is 15.4. The average Bonchev–Trinajstić information content (AvgIpc) is 3.45. The van der Waals surface area contributed by atoms with Gasteiger partial charge in [-0.3, -0.25) is 4.98 Å². The number of benzene rings is 7. The van der Waals surface area contributed by atoms with Crippen LogP contribution in [0.1, 0.15) is 0 Å². The van der Waals surface area contributed by atoms with Crippen LogP contribution in [0.4, 0.5) is 0 Å². The molecule has 0 amide bonds. The van der Waals surface area contributed by atoms with Crippen molar-refractivity contribution in [1.29, 1.82) is 0 Å². The van der Waals surface area contributed by atoms with Gasteiger partial charge in [0.05, 0.1) is 11.0 Å². The van der Waals surface area contributed by atoms with Crippen LogP contribution in [-0.4, -0.2) is 9.55 Å². The lowest BCUT2D eigenvalue weighted by molar-refractivity contribution is 1.18. The maximum Gasteiger partial charge on any atom is 0.0571 e. The second-order valence-corrected chi connectivity index (χ2v) is 11.6. The highest BCUT2D eigenvalue weighted by Gasteiger charge is 2.19. The molecule has 0 unspecified atom stereocenters. The lowest BCUT2D eigenvalue weighted by atomic mass is 9.86. The molecule has 0 fully saturated rings. The third kappa shape index (κ3) is 4.07. The smallest absolute Gasteiger partial charge is 0.0571 e. The van der Waals surface area contributed by atoms with Gasteiger partial charge in [0.15, 0.2) is 0 Å². The van der Waals surface area contributed by atoms with Crippen molar-refractivity contribution in [1.82, 2.24) is 9.55 Å². The summed E-state index contributed by atoms with van der Waals surface area (Å²) in [5, 5.41) is 7.35. The SMILES string of the molecule is c1ccc(-c2ccc3c(c2)c2cnccc2n3-c2ccc3c(-c4ccccc4)c4ccccc4c(-c4ccccc4)c3c2)cc1. The molecule has 7 aromatic carbocycles. The first-order valence-electron chi connectivity index (χ1n) is 15.4. The molecule has 9 rings (SSSR count).